The highest BCUT2D eigenvalue weighted by atomic mass is 32.2. The molecule has 0 spiro atoms. The van der Waals surface area contributed by atoms with Gasteiger partial charge in [-0.1, -0.05) is 30.2 Å². The van der Waals surface area contributed by atoms with E-state index >= 15 is 0 Å². The molecule has 1 saturated carbocycles. The second-order valence-corrected chi connectivity index (χ2v) is 6.86. The van der Waals surface area contributed by atoms with Crippen molar-refractivity contribution in [2.24, 2.45) is 0 Å². The fourth-order valence-electron chi connectivity index (χ4n) is 3.06. The molecule has 3 nitrogen and oxygen atoms in total. The van der Waals surface area contributed by atoms with Crippen LogP contribution in [0, 0.1) is 0 Å². The molecule has 1 heterocycles. The summed E-state index contributed by atoms with van der Waals surface area (Å²) in [5.41, 5.74) is 0.619. The molecule has 0 saturated heterocycles. The number of aromatic nitrogens is 3. The summed E-state index contributed by atoms with van der Waals surface area (Å²) in [6, 6.07) is 5.38. The van der Waals surface area contributed by atoms with Gasteiger partial charge in [-0.05, 0) is 31.2 Å². The number of halogens is 3. The van der Waals surface area contributed by atoms with E-state index in [9.17, 15) is 13.2 Å². The van der Waals surface area contributed by atoms with E-state index in [0.29, 0.717) is 22.5 Å². The maximum atomic E-state index is 12.6. The van der Waals surface area contributed by atoms with Crippen LogP contribution in [0.15, 0.2) is 30.5 Å². The number of benzene rings is 1. The molecule has 0 amide bonds. The molecule has 0 radical (unpaired) electrons. The van der Waals surface area contributed by atoms with Crippen LogP contribution in [-0.2, 0) is 6.18 Å². The quantitative estimate of drug-likeness (QED) is 0.802. The van der Waals surface area contributed by atoms with Gasteiger partial charge in [0.05, 0.1) is 17.8 Å². The third-order valence-electron chi connectivity index (χ3n) is 4.33. The number of thioether (sulfide) groups is 1. The first kappa shape index (κ1) is 16.4. The van der Waals surface area contributed by atoms with E-state index in [-0.39, 0.29) is 0 Å². The number of hydrogen-bond donors (Lipinski definition) is 0. The summed E-state index contributed by atoms with van der Waals surface area (Å²) in [7, 11) is 0. The van der Waals surface area contributed by atoms with Crippen LogP contribution < -0.4 is 0 Å². The first-order valence-corrected chi connectivity index (χ1v) is 8.90. The lowest BCUT2D eigenvalue weighted by molar-refractivity contribution is -0.137. The Morgan fingerprint density at radius 2 is 1.83 bits per heavy atom. The van der Waals surface area contributed by atoms with Crippen molar-refractivity contribution in [3.05, 3.63) is 36.0 Å². The van der Waals surface area contributed by atoms with Crippen molar-refractivity contribution in [2.45, 2.75) is 43.2 Å². The van der Waals surface area contributed by atoms with Crippen LogP contribution in [0.2, 0.25) is 0 Å². The zero-order chi connectivity index (χ0) is 16.4. The monoisotopic (exact) mass is 341 g/mol. The molecule has 1 aromatic carbocycles. The molecule has 1 aliphatic rings. The van der Waals surface area contributed by atoms with Crippen LogP contribution >= 0.6 is 11.8 Å². The Hall–Kier alpha value is -1.50. The van der Waals surface area contributed by atoms with Crippen molar-refractivity contribution in [1.82, 2.24) is 15.0 Å². The molecule has 0 unspecified atom stereocenters. The summed E-state index contributed by atoms with van der Waals surface area (Å²) < 4.78 is 39.7. The van der Waals surface area contributed by atoms with Crippen molar-refractivity contribution in [3.63, 3.8) is 0 Å². The minimum atomic E-state index is -4.32. The molecule has 1 aliphatic carbocycles. The van der Waals surface area contributed by atoms with E-state index in [4.69, 9.17) is 0 Å². The average Bonchev–Trinajstić information content (AvgIpc) is 3.04. The molecule has 7 heteroatoms. The maximum absolute atomic E-state index is 12.6. The van der Waals surface area contributed by atoms with Gasteiger partial charge in [0, 0.05) is 10.8 Å². The summed E-state index contributed by atoms with van der Waals surface area (Å²) in [5.74, 6) is 0. The molecule has 0 bridgehead atoms. The molecule has 124 valence electrons. The Bertz CT molecular complexity index is 651. The number of alkyl halides is 3. The van der Waals surface area contributed by atoms with E-state index in [1.165, 1.54) is 31.4 Å². The second kappa shape index (κ2) is 6.55. The van der Waals surface area contributed by atoms with Crippen LogP contribution in [-0.4, -0.2) is 26.5 Å². The van der Waals surface area contributed by atoms with Gasteiger partial charge in [0.2, 0.25) is 0 Å². The van der Waals surface area contributed by atoms with Crippen LogP contribution in [0.5, 0.6) is 0 Å². The number of rotatable bonds is 3. The molecule has 2 aromatic rings. The van der Waals surface area contributed by atoms with Gasteiger partial charge in [-0.3, -0.25) is 0 Å². The Morgan fingerprint density at radius 1 is 1.13 bits per heavy atom. The maximum Gasteiger partial charge on any atom is 0.416 e. The van der Waals surface area contributed by atoms with Crippen LogP contribution in [0.3, 0.4) is 0 Å². The van der Waals surface area contributed by atoms with Gasteiger partial charge in [-0.25, -0.2) is 4.68 Å². The number of hydrogen-bond acceptors (Lipinski definition) is 3. The topological polar surface area (TPSA) is 30.7 Å². The van der Waals surface area contributed by atoms with Gasteiger partial charge in [0.1, 0.15) is 5.69 Å². The average molecular weight is 341 g/mol. The first-order chi connectivity index (χ1) is 11.0. The van der Waals surface area contributed by atoms with E-state index in [0.717, 1.165) is 18.6 Å². The standard InChI is InChI=1S/C16H18F3N3S/c1-23-15-5-3-2-4-14(15)22-10-13(20-21-22)11-6-8-12(9-7-11)16(17,18)19/h6-10,14-15H,2-5H2,1H3/t14-,15-/m1/s1. The molecule has 2 atom stereocenters. The predicted molar refractivity (Wildman–Crippen MR) is 85.3 cm³/mol. The Kier molecular flexibility index (Phi) is 4.66. The summed E-state index contributed by atoms with van der Waals surface area (Å²) in [4.78, 5) is 0. The highest BCUT2D eigenvalue weighted by molar-refractivity contribution is 7.99. The SMILES string of the molecule is CS[C@@H]1CCCC[C@H]1n1cc(-c2ccc(C(F)(F)F)cc2)nn1. The molecule has 3 rings (SSSR count). The fraction of sp³-hybridized carbons (Fsp3) is 0.500. The van der Waals surface area contributed by atoms with E-state index in [1.54, 1.807) is 0 Å². The third-order valence-corrected chi connectivity index (χ3v) is 5.48. The smallest absolute Gasteiger partial charge is 0.248 e. The zero-order valence-corrected chi connectivity index (χ0v) is 13.6. The third kappa shape index (κ3) is 3.54. The van der Waals surface area contributed by atoms with Crippen molar-refractivity contribution < 1.29 is 13.2 Å². The minimum Gasteiger partial charge on any atom is -0.248 e. The van der Waals surface area contributed by atoms with Gasteiger partial charge < -0.3 is 0 Å². The van der Waals surface area contributed by atoms with Crippen molar-refractivity contribution in [2.75, 3.05) is 6.26 Å². The fourth-order valence-corrected chi connectivity index (χ4v) is 4.03. The van der Waals surface area contributed by atoms with E-state index < -0.39 is 11.7 Å². The largest absolute Gasteiger partial charge is 0.416 e. The van der Waals surface area contributed by atoms with Crippen LogP contribution in [0.1, 0.15) is 37.3 Å². The van der Waals surface area contributed by atoms with Crippen molar-refractivity contribution >= 4 is 11.8 Å². The summed E-state index contributed by atoms with van der Waals surface area (Å²) in [5, 5.41) is 8.88. The molecule has 1 aromatic heterocycles. The van der Waals surface area contributed by atoms with Gasteiger partial charge >= 0.3 is 6.18 Å². The van der Waals surface area contributed by atoms with Crippen molar-refractivity contribution in [3.8, 4) is 11.3 Å². The van der Waals surface area contributed by atoms with Gasteiger partial charge in [0.25, 0.3) is 0 Å². The lowest BCUT2D eigenvalue weighted by Crippen LogP contribution is -2.25. The lowest BCUT2D eigenvalue weighted by atomic mass is 9.95. The van der Waals surface area contributed by atoms with Crippen molar-refractivity contribution in [1.29, 1.82) is 0 Å². The number of nitrogens with zero attached hydrogens (tertiary/aromatic N) is 3. The Balaban J connectivity index is 1.81. The van der Waals surface area contributed by atoms with E-state index in [2.05, 4.69) is 16.6 Å². The summed E-state index contributed by atoms with van der Waals surface area (Å²) in [6.45, 7) is 0. The van der Waals surface area contributed by atoms with Gasteiger partial charge in [-0.2, -0.15) is 24.9 Å². The minimum absolute atomic E-state index is 0.314. The highest BCUT2D eigenvalue weighted by Gasteiger charge is 2.30. The van der Waals surface area contributed by atoms with Crippen LogP contribution in [0.4, 0.5) is 13.2 Å². The Morgan fingerprint density at radius 3 is 2.48 bits per heavy atom. The molecule has 0 N–H and O–H groups in total. The van der Waals surface area contributed by atoms with Gasteiger partial charge in [0.15, 0.2) is 0 Å². The van der Waals surface area contributed by atoms with Gasteiger partial charge in [-0.15, -0.1) is 5.10 Å². The molecule has 0 aliphatic heterocycles. The summed E-state index contributed by atoms with van der Waals surface area (Å²) >= 11 is 1.84. The predicted octanol–water partition coefficient (Wildman–Crippen LogP) is 4.81. The molecular weight excluding hydrogens is 323 g/mol. The zero-order valence-electron chi connectivity index (χ0n) is 12.8. The molecule has 1 fully saturated rings. The molecule has 23 heavy (non-hydrogen) atoms. The Labute approximate surface area is 137 Å². The normalized spacial score (nSPS) is 22.3. The molecular formula is C16H18F3N3S. The second-order valence-electron chi connectivity index (χ2n) is 5.78. The van der Waals surface area contributed by atoms with Crippen LogP contribution in [0.25, 0.3) is 11.3 Å². The highest BCUT2D eigenvalue weighted by Crippen LogP contribution is 2.36. The summed E-state index contributed by atoms with van der Waals surface area (Å²) in [6.07, 6.45) is 4.30. The van der Waals surface area contributed by atoms with E-state index in [1.807, 2.05) is 22.6 Å². The first-order valence-electron chi connectivity index (χ1n) is 7.61. The lowest BCUT2D eigenvalue weighted by Gasteiger charge is -2.29.